The van der Waals surface area contributed by atoms with Crippen LogP contribution in [-0.2, 0) is 0 Å². The first-order valence-electron chi connectivity index (χ1n) is 5.25. The number of hydrogen-bond donors (Lipinski definition) is 1. The van der Waals surface area contributed by atoms with Gasteiger partial charge in [-0.05, 0) is 36.8 Å². The molecule has 1 amide bonds. The van der Waals surface area contributed by atoms with Gasteiger partial charge in [-0.15, -0.1) is 0 Å². The third-order valence-corrected chi connectivity index (χ3v) is 2.89. The van der Waals surface area contributed by atoms with Crippen molar-refractivity contribution in [3.63, 3.8) is 0 Å². The van der Waals surface area contributed by atoms with Gasteiger partial charge >= 0.3 is 0 Å². The molecular formula is C13H10Cl2N2O. The molecule has 0 aliphatic heterocycles. The summed E-state index contributed by atoms with van der Waals surface area (Å²) in [5.41, 5.74) is 1.99. The minimum atomic E-state index is -0.223. The minimum absolute atomic E-state index is 0.223. The lowest BCUT2D eigenvalue weighted by Crippen LogP contribution is -2.13. The van der Waals surface area contributed by atoms with E-state index in [1.54, 1.807) is 30.3 Å². The topological polar surface area (TPSA) is 42.0 Å². The Kier molecular flexibility index (Phi) is 3.84. The highest BCUT2D eigenvalue weighted by molar-refractivity contribution is 6.31. The fourth-order valence-corrected chi connectivity index (χ4v) is 1.77. The molecular weight excluding hydrogens is 271 g/mol. The van der Waals surface area contributed by atoms with E-state index in [2.05, 4.69) is 10.3 Å². The Labute approximate surface area is 115 Å². The largest absolute Gasteiger partial charge is 0.321 e. The summed E-state index contributed by atoms with van der Waals surface area (Å²) in [6.45, 7) is 1.85. The van der Waals surface area contributed by atoms with Crippen LogP contribution in [0.4, 0.5) is 5.69 Å². The van der Waals surface area contributed by atoms with Crippen LogP contribution >= 0.6 is 23.2 Å². The number of nitrogens with one attached hydrogen (secondary N) is 1. The van der Waals surface area contributed by atoms with Crippen LogP contribution in [-0.4, -0.2) is 10.9 Å². The quantitative estimate of drug-likeness (QED) is 0.847. The molecule has 1 N–H and O–H groups in total. The summed E-state index contributed by atoms with van der Waals surface area (Å²) in [6, 6.07) is 8.49. The molecule has 0 saturated carbocycles. The molecule has 0 bridgehead atoms. The summed E-state index contributed by atoms with van der Waals surface area (Å²) >= 11 is 11.5. The Bertz CT molecular complexity index is 582. The number of anilines is 1. The molecule has 0 radical (unpaired) electrons. The van der Waals surface area contributed by atoms with Crippen molar-refractivity contribution in [1.82, 2.24) is 4.98 Å². The Morgan fingerprint density at radius 2 is 2.00 bits per heavy atom. The van der Waals surface area contributed by atoms with E-state index in [0.29, 0.717) is 21.4 Å². The van der Waals surface area contributed by atoms with E-state index in [1.807, 2.05) is 6.92 Å². The highest BCUT2D eigenvalue weighted by Crippen LogP contribution is 2.17. The number of pyridine rings is 1. The summed E-state index contributed by atoms with van der Waals surface area (Å²) < 4.78 is 0. The third-order valence-electron chi connectivity index (χ3n) is 2.43. The van der Waals surface area contributed by atoms with Crippen LogP contribution in [0.5, 0.6) is 0 Å². The molecule has 0 fully saturated rings. The van der Waals surface area contributed by atoms with Gasteiger partial charge in [-0.1, -0.05) is 29.3 Å². The SMILES string of the molecule is Cc1ccc(Cl)cc1C(=O)Nc1ccc(Cl)nc1. The monoisotopic (exact) mass is 280 g/mol. The standard InChI is InChI=1S/C13H10Cl2N2O/c1-8-2-3-9(14)6-11(8)13(18)17-10-4-5-12(15)16-7-10/h2-7H,1H3,(H,17,18). The third kappa shape index (κ3) is 3.00. The maximum Gasteiger partial charge on any atom is 0.256 e. The molecule has 18 heavy (non-hydrogen) atoms. The van der Waals surface area contributed by atoms with Crippen LogP contribution in [0.3, 0.4) is 0 Å². The number of halogens is 2. The number of aromatic nitrogens is 1. The van der Waals surface area contributed by atoms with E-state index in [-0.39, 0.29) is 5.91 Å². The Hall–Kier alpha value is -1.58. The molecule has 5 heteroatoms. The van der Waals surface area contributed by atoms with Crippen molar-refractivity contribution in [2.45, 2.75) is 6.92 Å². The summed E-state index contributed by atoms with van der Waals surface area (Å²) in [7, 11) is 0. The van der Waals surface area contributed by atoms with Crippen molar-refractivity contribution in [2.75, 3.05) is 5.32 Å². The van der Waals surface area contributed by atoms with Crippen LogP contribution in [0.15, 0.2) is 36.5 Å². The fraction of sp³-hybridized carbons (Fsp3) is 0.0769. The zero-order valence-electron chi connectivity index (χ0n) is 9.58. The molecule has 0 saturated heterocycles. The Morgan fingerprint density at radius 3 is 2.67 bits per heavy atom. The molecule has 0 atom stereocenters. The molecule has 2 rings (SSSR count). The van der Waals surface area contributed by atoms with Gasteiger partial charge in [0.15, 0.2) is 0 Å². The van der Waals surface area contributed by atoms with Crippen molar-refractivity contribution in [3.8, 4) is 0 Å². The van der Waals surface area contributed by atoms with Gasteiger partial charge in [0.25, 0.3) is 5.91 Å². The maximum atomic E-state index is 12.0. The fourth-order valence-electron chi connectivity index (χ4n) is 1.49. The first-order chi connectivity index (χ1) is 8.56. The minimum Gasteiger partial charge on any atom is -0.321 e. The number of rotatable bonds is 2. The van der Waals surface area contributed by atoms with Gasteiger partial charge in [0.1, 0.15) is 5.15 Å². The zero-order chi connectivity index (χ0) is 13.1. The van der Waals surface area contributed by atoms with E-state index < -0.39 is 0 Å². The highest BCUT2D eigenvalue weighted by Gasteiger charge is 2.10. The van der Waals surface area contributed by atoms with Crippen LogP contribution in [0.1, 0.15) is 15.9 Å². The molecule has 1 heterocycles. The molecule has 0 aliphatic carbocycles. The van der Waals surface area contributed by atoms with Gasteiger partial charge in [-0.2, -0.15) is 0 Å². The molecule has 92 valence electrons. The summed E-state index contributed by atoms with van der Waals surface area (Å²) in [5, 5.41) is 3.64. The number of benzene rings is 1. The van der Waals surface area contributed by atoms with Crippen molar-refractivity contribution in [2.24, 2.45) is 0 Å². The van der Waals surface area contributed by atoms with Gasteiger partial charge in [0.2, 0.25) is 0 Å². The van der Waals surface area contributed by atoms with E-state index in [0.717, 1.165) is 5.56 Å². The van der Waals surface area contributed by atoms with Gasteiger partial charge < -0.3 is 5.32 Å². The summed E-state index contributed by atoms with van der Waals surface area (Å²) in [4.78, 5) is 15.9. The van der Waals surface area contributed by atoms with Crippen LogP contribution in [0.25, 0.3) is 0 Å². The number of carbonyl (C=O) groups excluding carboxylic acids is 1. The molecule has 0 unspecified atom stereocenters. The number of amides is 1. The second-order valence-electron chi connectivity index (χ2n) is 3.78. The van der Waals surface area contributed by atoms with Gasteiger partial charge in [-0.3, -0.25) is 4.79 Å². The van der Waals surface area contributed by atoms with Crippen molar-refractivity contribution in [1.29, 1.82) is 0 Å². The first-order valence-corrected chi connectivity index (χ1v) is 6.01. The average molecular weight is 281 g/mol. The van der Waals surface area contributed by atoms with E-state index >= 15 is 0 Å². The lowest BCUT2D eigenvalue weighted by molar-refractivity contribution is 0.102. The lowest BCUT2D eigenvalue weighted by atomic mass is 10.1. The van der Waals surface area contributed by atoms with Gasteiger partial charge in [0, 0.05) is 10.6 Å². The van der Waals surface area contributed by atoms with Gasteiger partial charge in [-0.25, -0.2) is 4.98 Å². The molecule has 2 aromatic rings. The Balaban J connectivity index is 2.21. The van der Waals surface area contributed by atoms with E-state index in [1.165, 1.54) is 6.20 Å². The lowest BCUT2D eigenvalue weighted by Gasteiger charge is -2.07. The zero-order valence-corrected chi connectivity index (χ0v) is 11.1. The predicted molar refractivity (Wildman–Crippen MR) is 73.4 cm³/mol. The van der Waals surface area contributed by atoms with E-state index in [9.17, 15) is 4.79 Å². The molecule has 1 aromatic heterocycles. The number of carbonyl (C=O) groups is 1. The van der Waals surface area contributed by atoms with Crippen molar-refractivity contribution in [3.05, 3.63) is 57.8 Å². The molecule has 0 spiro atoms. The maximum absolute atomic E-state index is 12.0. The van der Waals surface area contributed by atoms with Crippen LogP contribution < -0.4 is 5.32 Å². The number of hydrogen-bond acceptors (Lipinski definition) is 2. The normalized spacial score (nSPS) is 10.2. The molecule has 3 nitrogen and oxygen atoms in total. The van der Waals surface area contributed by atoms with Crippen molar-refractivity contribution >= 4 is 34.8 Å². The summed E-state index contributed by atoms with van der Waals surface area (Å²) in [5.74, 6) is -0.223. The molecule has 0 aliphatic rings. The highest BCUT2D eigenvalue weighted by atomic mass is 35.5. The average Bonchev–Trinajstić information content (AvgIpc) is 2.35. The number of nitrogens with zero attached hydrogens (tertiary/aromatic N) is 1. The second-order valence-corrected chi connectivity index (χ2v) is 4.61. The first kappa shape index (κ1) is 12.9. The van der Waals surface area contributed by atoms with Crippen LogP contribution in [0, 0.1) is 6.92 Å². The predicted octanol–water partition coefficient (Wildman–Crippen LogP) is 3.95. The molecule has 1 aromatic carbocycles. The Morgan fingerprint density at radius 1 is 1.22 bits per heavy atom. The van der Waals surface area contributed by atoms with E-state index in [4.69, 9.17) is 23.2 Å². The van der Waals surface area contributed by atoms with Gasteiger partial charge in [0.05, 0.1) is 11.9 Å². The smallest absolute Gasteiger partial charge is 0.256 e. The van der Waals surface area contributed by atoms with Crippen LogP contribution in [0.2, 0.25) is 10.2 Å². The van der Waals surface area contributed by atoms with Crippen molar-refractivity contribution < 1.29 is 4.79 Å². The summed E-state index contributed by atoms with van der Waals surface area (Å²) in [6.07, 6.45) is 1.50. The number of aryl methyl sites for hydroxylation is 1. The second kappa shape index (κ2) is 5.38.